The van der Waals surface area contributed by atoms with Crippen LogP contribution in [0.3, 0.4) is 0 Å². The van der Waals surface area contributed by atoms with Crippen LogP contribution in [0.4, 0.5) is 0 Å². The summed E-state index contributed by atoms with van der Waals surface area (Å²) in [7, 11) is 0. The van der Waals surface area contributed by atoms with Gasteiger partial charge in [-0.2, -0.15) is 10.1 Å². The van der Waals surface area contributed by atoms with E-state index in [0.717, 1.165) is 11.4 Å². The first-order valence-corrected chi connectivity index (χ1v) is 9.40. The highest BCUT2D eigenvalue weighted by Crippen LogP contribution is 2.52. The Balaban J connectivity index is 1.63. The quantitative estimate of drug-likeness (QED) is 0.422. The minimum Gasteiger partial charge on any atom is -0.492 e. The van der Waals surface area contributed by atoms with Crippen molar-refractivity contribution in [2.45, 2.75) is 13.3 Å². The molecule has 1 saturated carbocycles. The van der Waals surface area contributed by atoms with Crippen LogP contribution in [0.5, 0.6) is 5.75 Å². The van der Waals surface area contributed by atoms with Gasteiger partial charge in [0.1, 0.15) is 5.75 Å². The molecule has 1 aromatic carbocycles. The number of amides is 2. The maximum atomic E-state index is 12.6. The van der Waals surface area contributed by atoms with Gasteiger partial charge in [0, 0.05) is 10.6 Å². The number of carbonyl (C=O) groups is 2. The van der Waals surface area contributed by atoms with Gasteiger partial charge in [0.25, 0.3) is 11.8 Å². The lowest BCUT2D eigenvalue weighted by atomic mass is 9.85. The van der Waals surface area contributed by atoms with Crippen LogP contribution < -0.4 is 4.74 Å². The second-order valence-corrected chi connectivity index (χ2v) is 7.76. The second-order valence-electron chi connectivity index (χ2n) is 6.47. The smallest absolute Gasteiger partial charge is 0.254 e. The van der Waals surface area contributed by atoms with Gasteiger partial charge in [-0.15, -0.1) is 0 Å². The molecule has 1 aromatic rings. The molecule has 1 saturated heterocycles. The molecule has 5 nitrogen and oxygen atoms in total. The lowest BCUT2D eigenvalue weighted by Crippen LogP contribution is -2.28. The van der Waals surface area contributed by atoms with Crippen molar-refractivity contribution < 1.29 is 14.3 Å². The maximum absolute atomic E-state index is 12.6. The van der Waals surface area contributed by atoms with Gasteiger partial charge in [0.2, 0.25) is 0 Å². The summed E-state index contributed by atoms with van der Waals surface area (Å²) in [6, 6.07) is 3.42. The summed E-state index contributed by atoms with van der Waals surface area (Å²) >= 11 is 9.51. The number of fused-ring (bicyclic) bond motifs is 5. The normalized spacial score (nSPS) is 30.0. The molecule has 0 radical (unpaired) electrons. The van der Waals surface area contributed by atoms with E-state index in [9.17, 15) is 9.59 Å². The standard InChI is InChI=1S/C18H16BrClN2O3/c1-2-25-16-11(6-12(20)7-13(16)19)8-21-22-17(23)14-9-3-4-10(5-9)15(14)18(22)24/h3-4,6-10,14-15H,2,5H2,1H3/t9-,10-,14-,15+/m0/s1. The fourth-order valence-electron chi connectivity index (χ4n) is 4.09. The number of hydrogen-bond acceptors (Lipinski definition) is 4. The van der Waals surface area contributed by atoms with Gasteiger partial charge < -0.3 is 4.74 Å². The number of carbonyl (C=O) groups excluding carboxylic acids is 2. The zero-order chi connectivity index (χ0) is 17.7. The molecule has 25 heavy (non-hydrogen) atoms. The zero-order valence-corrected chi connectivity index (χ0v) is 15.8. The van der Waals surface area contributed by atoms with Crippen LogP contribution >= 0.6 is 27.5 Å². The third-order valence-corrected chi connectivity index (χ3v) is 5.89. The summed E-state index contributed by atoms with van der Waals surface area (Å²) in [6.07, 6.45) is 6.49. The highest BCUT2D eigenvalue weighted by atomic mass is 79.9. The van der Waals surface area contributed by atoms with Crippen molar-refractivity contribution in [3.05, 3.63) is 39.3 Å². The summed E-state index contributed by atoms with van der Waals surface area (Å²) in [4.78, 5) is 25.3. The molecule has 0 spiro atoms. The van der Waals surface area contributed by atoms with Gasteiger partial charge in [-0.1, -0.05) is 23.8 Å². The number of hydrazone groups is 1. The van der Waals surface area contributed by atoms with Crippen molar-refractivity contribution in [2.24, 2.45) is 28.8 Å². The summed E-state index contributed by atoms with van der Waals surface area (Å²) in [5, 5.41) is 5.71. The van der Waals surface area contributed by atoms with Crippen molar-refractivity contribution >= 4 is 45.6 Å². The summed E-state index contributed by atoms with van der Waals surface area (Å²) in [5.74, 6) is 0.00658. The predicted octanol–water partition coefficient (Wildman–Crippen LogP) is 3.64. The number of rotatable bonds is 4. The largest absolute Gasteiger partial charge is 0.492 e. The van der Waals surface area contributed by atoms with E-state index >= 15 is 0 Å². The molecule has 0 N–H and O–H groups in total. The van der Waals surface area contributed by atoms with Crippen LogP contribution in [-0.2, 0) is 9.59 Å². The Morgan fingerprint density at radius 1 is 1.28 bits per heavy atom. The molecule has 4 rings (SSSR count). The van der Waals surface area contributed by atoms with E-state index in [2.05, 4.69) is 33.2 Å². The fraction of sp³-hybridized carbons (Fsp3) is 0.389. The van der Waals surface area contributed by atoms with Crippen LogP contribution in [0.2, 0.25) is 5.02 Å². The molecule has 2 amide bonds. The number of ether oxygens (including phenoxy) is 1. The predicted molar refractivity (Wildman–Crippen MR) is 97.5 cm³/mol. The number of imide groups is 1. The molecule has 1 aliphatic heterocycles. The summed E-state index contributed by atoms with van der Waals surface area (Å²) < 4.78 is 6.31. The van der Waals surface area contributed by atoms with Crippen molar-refractivity contribution in [3.63, 3.8) is 0 Å². The van der Waals surface area contributed by atoms with Gasteiger partial charge in [-0.25, -0.2) is 0 Å². The third-order valence-electron chi connectivity index (χ3n) is 5.09. The van der Waals surface area contributed by atoms with E-state index in [1.807, 2.05) is 6.92 Å². The molecule has 3 aliphatic rings. The Morgan fingerprint density at radius 2 is 1.92 bits per heavy atom. The van der Waals surface area contributed by atoms with Crippen molar-refractivity contribution in [2.75, 3.05) is 6.61 Å². The van der Waals surface area contributed by atoms with Gasteiger partial charge >= 0.3 is 0 Å². The van der Waals surface area contributed by atoms with E-state index < -0.39 is 0 Å². The Bertz CT molecular complexity index is 793. The van der Waals surface area contributed by atoms with Gasteiger partial charge in [0.05, 0.1) is 29.1 Å². The number of halogens is 2. The Kier molecular flexibility index (Phi) is 4.20. The van der Waals surface area contributed by atoms with Crippen LogP contribution in [0, 0.1) is 23.7 Å². The molecule has 0 unspecified atom stereocenters. The Morgan fingerprint density at radius 3 is 2.52 bits per heavy atom. The Hall–Kier alpha value is -1.66. The lowest BCUT2D eigenvalue weighted by Gasteiger charge is -2.13. The van der Waals surface area contributed by atoms with E-state index in [0.29, 0.717) is 27.4 Å². The van der Waals surface area contributed by atoms with Gasteiger partial charge in [0.15, 0.2) is 0 Å². The minimum absolute atomic E-state index is 0.172. The average molecular weight is 424 g/mol. The van der Waals surface area contributed by atoms with Gasteiger partial charge in [-0.05, 0) is 53.2 Å². The van der Waals surface area contributed by atoms with E-state index in [1.165, 1.54) is 6.21 Å². The minimum atomic E-state index is -0.253. The molecule has 1 heterocycles. The molecule has 130 valence electrons. The zero-order valence-electron chi connectivity index (χ0n) is 13.5. The van der Waals surface area contributed by atoms with Crippen LogP contribution in [-0.4, -0.2) is 29.6 Å². The highest BCUT2D eigenvalue weighted by molar-refractivity contribution is 9.10. The number of allylic oxidation sites excluding steroid dienone is 2. The number of hydrogen-bond donors (Lipinski definition) is 0. The molecule has 2 aliphatic carbocycles. The van der Waals surface area contributed by atoms with E-state index in [1.54, 1.807) is 12.1 Å². The van der Waals surface area contributed by atoms with Crippen LogP contribution in [0.1, 0.15) is 18.9 Å². The highest BCUT2D eigenvalue weighted by Gasteiger charge is 2.59. The summed E-state index contributed by atoms with van der Waals surface area (Å²) in [6.45, 7) is 2.35. The summed E-state index contributed by atoms with van der Waals surface area (Å²) in [5.41, 5.74) is 0.611. The molecule has 2 fully saturated rings. The molecule has 0 aromatic heterocycles. The molecular weight excluding hydrogens is 408 g/mol. The first-order chi connectivity index (χ1) is 12.0. The Labute approximate surface area is 158 Å². The van der Waals surface area contributed by atoms with Crippen molar-refractivity contribution in [1.82, 2.24) is 5.01 Å². The first kappa shape index (κ1) is 16.8. The first-order valence-electron chi connectivity index (χ1n) is 8.23. The molecule has 7 heteroatoms. The number of nitrogens with zero attached hydrogens (tertiary/aromatic N) is 2. The molecular formula is C18H16BrClN2O3. The van der Waals surface area contributed by atoms with Crippen LogP contribution in [0.25, 0.3) is 0 Å². The maximum Gasteiger partial charge on any atom is 0.254 e. The molecule has 4 atom stereocenters. The topological polar surface area (TPSA) is 59.0 Å². The van der Waals surface area contributed by atoms with Gasteiger partial charge in [-0.3, -0.25) is 9.59 Å². The van der Waals surface area contributed by atoms with Crippen molar-refractivity contribution in [1.29, 1.82) is 0 Å². The van der Waals surface area contributed by atoms with Crippen molar-refractivity contribution in [3.8, 4) is 5.75 Å². The fourth-order valence-corrected chi connectivity index (χ4v) is 5.04. The lowest BCUT2D eigenvalue weighted by molar-refractivity contribution is -0.140. The second kappa shape index (κ2) is 6.25. The SMILES string of the molecule is CCOc1c(Br)cc(Cl)cc1C=NN1C(=O)[C@@H]2[C@H](C1=O)[C@H]1C=C[C@H]2C1. The average Bonchev–Trinajstić information content (AvgIpc) is 3.24. The van der Waals surface area contributed by atoms with E-state index in [4.69, 9.17) is 16.3 Å². The third kappa shape index (κ3) is 2.62. The molecule has 2 bridgehead atoms. The van der Waals surface area contributed by atoms with E-state index in [-0.39, 0.29) is 35.5 Å². The number of benzene rings is 1. The van der Waals surface area contributed by atoms with Crippen LogP contribution in [0.15, 0.2) is 33.9 Å². The monoisotopic (exact) mass is 422 g/mol.